The second kappa shape index (κ2) is 7.44. The Bertz CT molecular complexity index is 397. The molecule has 0 aliphatic heterocycles. The van der Waals surface area contributed by atoms with Crippen molar-refractivity contribution in [2.75, 3.05) is 24.4 Å². The summed E-state index contributed by atoms with van der Waals surface area (Å²) in [6.45, 7) is 2.52. The number of carbonyl (C=O) groups excluding carboxylic acids is 1. The molecule has 0 saturated carbocycles. The zero-order chi connectivity index (χ0) is 13.4. The van der Waals surface area contributed by atoms with Gasteiger partial charge in [-0.15, -0.1) is 0 Å². The highest BCUT2D eigenvalue weighted by Crippen LogP contribution is 2.20. The Morgan fingerprint density at radius 3 is 2.78 bits per heavy atom. The smallest absolute Gasteiger partial charge is 0.307 e. The number of esters is 1. The van der Waals surface area contributed by atoms with Crippen LogP contribution >= 0.6 is 0 Å². The Kier molecular flexibility index (Phi) is 5.86. The predicted molar refractivity (Wildman–Crippen MR) is 69.0 cm³/mol. The molecule has 0 bridgehead atoms. The minimum atomic E-state index is -0.259. The van der Waals surface area contributed by atoms with E-state index < -0.39 is 0 Å². The molecule has 100 valence electrons. The van der Waals surface area contributed by atoms with Crippen molar-refractivity contribution < 1.29 is 9.53 Å². The third kappa shape index (κ3) is 3.85. The van der Waals surface area contributed by atoms with Crippen LogP contribution in [0.25, 0.3) is 0 Å². The molecule has 0 aliphatic rings. The van der Waals surface area contributed by atoms with Gasteiger partial charge in [0.15, 0.2) is 0 Å². The lowest BCUT2D eigenvalue weighted by molar-refractivity contribution is -0.140. The van der Waals surface area contributed by atoms with Crippen molar-refractivity contribution in [2.24, 2.45) is 5.84 Å². The van der Waals surface area contributed by atoms with Crippen molar-refractivity contribution >= 4 is 17.6 Å². The minimum absolute atomic E-state index is 0.259. The monoisotopic (exact) mass is 253 g/mol. The van der Waals surface area contributed by atoms with Gasteiger partial charge in [0, 0.05) is 12.1 Å². The van der Waals surface area contributed by atoms with Crippen molar-refractivity contribution in [3.8, 4) is 0 Å². The highest BCUT2D eigenvalue weighted by molar-refractivity contribution is 5.70. The van der Waals surface area contributed by atoms with E-state index in [0.717, 1.165) is 18.4 Å². The maximum absolute atomic E-state index is 11.0. The summed E-state index contributed by atoms with van der Waals surface area (Å²) in [5.74, 6) is 6.45. The lowest BCUT2D eigenvalue weighted by atomic mass is 10.1. The number of hydrazine groups is 1. The first-order chi connectivity index (χ1) is 8.72. The normalized spacial score (nSPS) is 9.94. The van der Waals surface area contributed by atoms with Crippen LogP contribution in [-0.2, 0) is 16.0 Å². The Hall–Kier alpha value is -1.89. The molecular weight excluding hydrogens is 234 g/mol. The fourth-order valence-electron chi connectivity index (χ4n) is 1.56. The molecule has 1 heterocycles. The van der Waals surface area contributed by atoms with Gasteiger partial charge in [-0.25, -0.2) is 15.8 Å². The summed E-state index contributed by atoms with van der Waals surface area (Å²) in [4.78, 5) is 19.2. The number of nitrogens with two attached hydrogens (primary N) is 1. The first-order valence-electron chi connectivity index (χ1n) is 5.84. The van der Waals surface area contributed by atoms with E-state index in [1.807, 2.05) is 0 Å². The van der Waals surface area contributed by atoms with Gasteiger partial charge in [0.1, 0.15) is 18.0 Å². The van der Waals surface area contributed by atoms with E-state index in [1.54, 1.807) is 0 Å². The molecule has 7 heteroatoms. The molecule has 0 saturated heterocycles. The number of carbonyl (C=O) groups is 1. The van der Waals surface area contributed by atoms with E-state index in [2.05, 4.69) is 32.4 Å². The maximum atomic E-state index is 11.0. The number of nitrogens with one attached hydrogen (secondary N) is 2. The summed E-state index contributed by atoms with van der Waals surface area (Å²) in [5.41, 5.74) is 3.47. The Labute approximate surface area is 106 Å². The number of ether oxygens (including phenoxy) is 1. The van der Waals surface area contributed by atoms with Crippen LogP contribution in [0.15, 0.2) is 6.33 Å². The molecule has 0 aliphatic carbocycles. The summed E-state index contributed by atoms with van der Waals surface area (Å²) < 4.78 is 4.57. The van der Waals surface area contributed by atoms with Crippen LogP contribution in [-0.4, -0.2) is 29.6 Å². The topological polar surface area (TPSA) is 102 Å². The minimum Gasteiger partial charge on any atom is -0.469 e. The number of rotatable bonds is 7. The Balaban J connectivity index is 2.71. The van der Waals surface area contributed by atoms with E-state index in [9.17, 15) is 4.79 Å². The van der Waals surface area contributed by atoms with E-state index in [-0.39, 0.29) is 12.4 Å². The number of aromatic nitrogens is 2. The Morgan fingerprint density at radius 1 is 1.44 bits per heavy atom. The fraction of sp³-hybridized carbons (Fsp3) is 0.545. The summed E-state index contributed by atoms with van der Waals surface area (Å²) >= 11 is 0. The van der Waals surface area contributed by atoms with Gasteiger partial charge in [0.2, 0.25) is 0 Å². The lowest BCUT2D eigenvalue weighted by Crippen LogP contribution is -2.16. The quantitative estimate of drug-likeness (QED) is 0.373. The van der Waals surface area contributed by atoms with Crippen LogP contribution < -0.4 is 16.6 Å². The van der Waals surface area contributed by atoms with Gasteiger partial charge in [0.25, 0.3) is 0 Å². The zero-order valence-electron chi connectivity index (χ0n) is 10.7. The van der Waals surface area contributed by atoms with E-state index in [0.29, 0.717) is 18.2 Å². The first kappa shape index (κ1) is 14.2. The molecule has 0 aromatic carbocycles. The molecule has 0 unspecified atom stereocenters. The SMILES string of the molecule is CCCc1c(NN)ncnc1NCCC(=O)OC. The van der Waals surface area contributed by atoms with Gasteiger partial charge >= 0.3 is 5.97 Å². The van der Waals surface area contributed by atoms with Crippen molar-refractivity contribution in [2.45, 2.75) is 26.2 Å². The second-order valence-corrected chi connectivity index (χ2v) is 3.70. The fourth-order valence-corrected chi connectivity index (χ4v) is 1.56. The highest BCUT2D eigenvalue weighted by atomic mass is 16.5. The third-order valence-electron chi connectivity index (χ3n) is 2.43. The van der Waals surface area contributed by atoms with Gasteiger partial charge in [-0.1, -0.05) is 13.3 Å². The Morgan fingerprint density at radius 2 is 2.17 bits per heavy atom. The van der Waals surface area contributed by atoms with Crippen LogP contribution in [0.3, 0.4) is 0 Å². The molecule has 1 aromatic rings. The lowest BCUT2D eigenvalue weighted by Gasteiger charge is -2.12. The van der Waals surface area contributed by atoms with Crippen LogP contribution in [0.2, 0.25) is 0 Å². The summed E-state index contributed by atoms with van der Waals surface area (Å²) in [5, 5.41) is 3.09. The molecular formula is C11H19N5O2. The zero-order valence-corrected chi connectivity index (χ0v) is 10.7. The maximum Gasteiger partial charge on any atom is 0.307 e. The van der Waals surface area contributed by atoms with Gasteiger partial charge in [-0.3, -0.25) is 4.79 Å². The molecule has 0 atom stereocenters. The van der Waals surface area contributed by atoms with E-state index in [4.69, 9.17) is 5.84 Å². The number of hydrogen-bond acceptors (Lipinski definition) is 7. The van der Waals surface area contributed by atoms with Gasteiger partial charge in [0.05, 0.1) is 13.5 Å². The van der Waals surface area contributed by atoms with Crippen LogP contribution in [0.5, 0.6) is 0 Å². The number of anilines is 2. The molecule has 0 fully saturated rings. The molecule has 7 nitrogen and oxygen atoms in total. The molecule has 0 radical (unpaired) electrons. The average Bonchev–Trinajstić information content (AvgIpc) is 2.40. The van der Waals surface area contributed by atoms with Crippen molar-refractivity contribution in [3.05, 3.63) is 11.9 Å². The summed E-state index contributed by atoms with van der Waals surface area (Å²) in [7, 11) is 1.37. The number of methoxy groups -OCH3 is 1. The number of nitrogens with zero attached hydrogens (tertiary/aromatic N) is 2. The van der Waals surface area contributed by atoms with Gasteiger partial charge in [-0.05, 0) is 6.42 Å². The second-order valence-electron chi connectivity index (χ2n) is 3.70. The molecule has 1 rings (SSSR count). The average molecular weight is 253 g/mol. The van der Waals surface area contributed by atoms with Crippen LogP contribution in [0, 0.1) is 0 Å². The molecule has 4 N–H and O–H groups in total. The number of nitrogen functional groups attached to an aromatic ring is 1. The molecule has 1 aromatic heterocycles. The van der Waals surface area contributed by atoms with Crippen molar-refractivity contribution in [3.63, 3.8) is 0 Å². The highest BCUT2D eigenvalue weighted by Gasteiger charge is 2.10. The number of hydrogen-bond donors (Lipinski definition) is 3. The summed E-state index contributed by atoms with van der Waals surface area (Å²) in [6, 6.07) is 0. The van der Waals surface area contributed by atoms with Crippen LogP contribution in [0.1, 0.15) is 25.3 Å². The van der Waals surface area contributed by atoms with Crippen LogP contribution in [0.4, 0.5) is 11.6 Å². The van der Waals surface area contributed by atoms with Gasteiger partial charge < -0.3 is 15.5 Å². The first-order valence-corrected chi connectivity index (χ1v) is 5.84. The van der Waals surface area contributed by atoms with E-state index >= 15 is 0 Å². The molecule has 0 amide bonds. The molecule has 18 heavy (non-hydrogen) atoms. The standard InChI is InChI=1S/C11H19N5O2/c1-3-4-8-10(13-6-5-9(17)18-2)14-7-15-11(8)16-12/h7H,3-6,12H2,1-2H3,(H2,13,14,15,16). The largest absolute Gasteiger partial charge is 0.469 e. The molecule has 0 spiro atoms. The third-order valence-corrected chi connectivity index (χ3v) is 2.43. The van der Waals surface area contributed by atoms with Gasteiger partial charge in [-0.2, -0.15) is 0 Å². The van der Waals surface area contributed by atoms with Crippen molar-refractivity contribution in [1.29, 1.82) is 0 Å². The predicted octanol–water partition coefficient (Wildman–Crippen LogP) is 0.690. The van der Waals surface area contributed by atoms with E-state index in [1.165, 1.54) is 13.4 Å². The summed E-state index contributed by atoms with van der Waals surface area (Å²) in [6.07, 6.45) is 3.47. The van der Waals surface area contributed by atoms with Crippen molar-refractivity contribution in [1.82, 2.24) is 9.97 Å².